The number of aliphatic hydroxyl groups excluding tert-OH is 1. The second-order valence-electron chi connectivity index (χ2n) is 7.10. The van der Waals surface area contributed by atoms with Gasteiger partial charge in [-0.3, -0.25) is 4.90 Å². The number of benzene rings is 2. The van der Waals surface area contributed by atoms with Crippen LogP contribution in [0.1, 0.15) is 16.0 Å². The molecule has 0 unspecified atom stereocenters. The number of nitrogens with zero attached hydrogens (tertiary/aromatic N) is 1. The van der Waals surface area contributed by atoms with Crippen LogP contribution >= 0.6 is 22.9 Å². The van der Waals surface area contributed by atoms with E-state index in [-0.39, 0.29) is 6.61 Å². The molecule has 0 saturated carbocycles. The summed E-state index contributed by atoms with van der Waals surface area (Å²) in [5.41, 5.74) is 2.41. The molecule has 0 amide bonds. The van der Waals surface area contributed by atoms with Gasteiger partial charge in [-0.1, -0.05) is 54.1 Å². The van der Waals surface area contributed by atoms with Crippen molar-refractivity contribution in [2.24, 2.45) is 0 Å². The SMILES string of the molecule is CN(Cc1ccccc1)C[C@@H](O)COc1ccc(CNCc2ccc(Cl)s2)cc1. The fourth-order valence-electron chi connectivity index (χ4n) is 3.04. The number of hydrogen-bond acceptors (Lipinski definition) is 5. The highest BCUT2D eigenvalue weighted by molar-refractivity contribution is 7.16. The Hall–Kier alpha value is -1.89. The molecule has 0 radical (unpaired) electrons. The Labute approximate surface area is 181 Å². The van der Waals surface area contributed by atoms with E-state index in [1.165, 1.54) is 16.0 Å². The highest BCUT2D eigenvalue weighted by atomic mass is 35.5. The molecule has 0 saturated heterocycles. The normalized spacial score (nSPS) is 12.3. The molecule has 1 heterocycles. The second kappa shape index (κ2) is 11.3. The molecule has 3 aromatic rings. The lowest BCUT2D eigenvalue weighted by Gasteiger charge is -2.21. The van der Waals surface area contributed by atoms with Crippen LogP contribution in [0.25, 0.3) is 0 Å². The van der Waals surface area contributed by atoms with Crippen molar-refractivity contribution in [3.05, 3.63) is 87.1 Å². The number of nitrogens with one attached hydrogen (secondary N) is 1. The lowest BCUT2D eigenvalue weighted by molar-refractivity contribution is 0.0744. The average molecular weight is 431 g/mol. The van der Waals surface area contributed by atoms with Crippen molar-refractivity contribution >= 4 is 22.9 Å². The van der Waals surface area contributed by atoms with Crippen molar-refractivity contribution in [1.29, 1.82) is 0 Å². The predicted molar refractivity (Wildman–Crippen MR) is 121 cm³/mol. The third kappa shape index (κ3) is 7.80. The number of ether oxygens (including phenoxy) is 1. The first-order chi connectivity index (χ1) is 14.1. The van der Waals surface area contributed by atoms with E-state index in [0.29, 0.717) is 6.54 Å². The Morgan fingerprint density at radius 1 is 1.00 bits per heavy atom. The Morgan fingerprint density at radius 2 is 1.76 bits per heavy atom. The van der Waals surface area contributed by atoms with E-state index in [1.807, 2.05) is 61.6 Å². The largest absolute Gasteiger partial charge is 0.491 e. The van der Waals surface area contributed by atoms with Gasteiger partial charge in [0.1, 0.15) is 18.5 Å². The lowest BCUT2D eigenvalue weighted by atomic mass is 10.2. The maximum atomic E-state index is 10.3. The first kappa shape index (κ1) is 21.8. The quantitative estimate of drug-likeness (QED) is 0.468. The summed E-state index contributed by atoms with van der Waals surface area (Å²) in [5, 5.41) is 13.7. The highest BCUT2D eigenvalue weighted by Crippen LogP contribution is 2.21. The Balaban J connectivity index is 1.35. The van der Waals surface area contributed by atoms with Crippen LogP contribution < -0.4 is 10.1 Å². The zero-order chi connectivity index (χ0) is 20.5. The summed E-state index contributed by atoms with van der Waals surface area (Å²) < 4.78 is 6.56. The van der Waals surface area contributed by atoms with Gasteiger partial charge in [0.15, 0.2) is 0 Å². The first-order valence-corrected chi connectivity index (χ1v) is 10.8. The van der Waals surface area contributed by atoms with Crippen LogP contribution in [0.5, 0.6) is 5.75 Å². The maximum absolute atomic E-state index is 10.3. The molecule has 154 valence electrons. The summed E-state index contributed by atoms with van der Waals surface area (Å²) in [4.78, 5) is 3.32. The highest BCUT2D eigenvalue weighted by Gasteiger charge is 2.10. The summed E-state index contributed by atoms with van der Waals surface area (Å²) in [6, 6.07) is 22.2. The van der Waals surface area contributed by atoms with E-state index in [0.717, 1.165) is 29.7 Å². The molecule has 2 N–H and O–H groups in total. The molecular weight excluding hydrogens is 404 g/mol. The monoisotopic (exact) mass is 430 g/mol. The van der Waals surface area contributed by atoms with E-state index < -0.39 is 6.10 Å². The van der Waals surface area contributed by atoms with E-state index in [2.05, 4.69) is 22.3 Å². The van der Waals surface area contributed by atoms with E-state index in [4.69, 9.17) is 16.3 Å². The summed E-state index contributed by atoms with van der Waals surface area (Å²) in [5.74, 6) is 0.767. The number of halogens is 1. The van der Waals surface area contributed by atoms with Crippen LogP contribution in [-0.4, -0.2) is 36.3 Å². The molecule has 0 spiro atoms. The fraction of sp³-hybridized carbons (Fsp3) is 0.304. The van der Waals surface area contributed by atoms with Crippen molar-refractivity contribution in [2.45, 2.75) is 25.7 Å². The van der Waals surface area contributed by atoms with Gasteiger partial charge in [-0.25, -0.2) is 0 Å². The molecule has 0 aliphatic heterocycles. The van der Waals surface area contributed by atoms with Crippen LogP contribution in [0.3, 0.4) is 0 Å². The van der Waals surface area contributed by atoms with Gasteiger partial charge in [0.2, 0.25) is 0 Å². The van der Waals surface area contributed by atoms with Crippen molar-refractivity contribution < 1.29 is 9.84 Å². The van der Waals surface area contributed by atoms with Gasteiger partial charge in [-0.2, -0.15) is 0 Å². The van der Waals surface area contributed by atoms with Crippen LogP contribution in [0.15, 0.2) is 66.7 Å². The molecule has 1 atom stereocenters. The van der Waals surface area contributed by atoms with Gasteiger partial charge >= 0.3 is 0 Å². The predicted octanol–water partition coefficient (Wildman–Crippen LogP) is 4.56. The molecule has 0 bridgehead atoms. The topological polar surface area (TPSA) is 44.7 Å². The molecule has 29 heavy (non-hydrogen) atoms. The minimum Gasteiger partial charge on any atom is -0.491 e. The smallest absolute Gasteiger partial charge is 0.119 e. The van der Waals surface area contributed by atoms with Gasteiger partial charge in [0, 0.05) is 31.1 Å². The second-order valence-corrected chi connectivity index (χ2v) is 8.90. The average Bonchev–Trinajstić information content (AvgIpc) is 3.13. The maximum Gasteiger partial charge on any atom is 0.119 e. The van der Waals surface area contributed by atoms with E-state index in [1.54, 1.807) is 11.3 Å². The number of thiophene rings is 1. The summed E-state index contributed by atoms with van der Waals surface area (Å²) in [6.07, 6.45) is -0.539. The Bertz CT molecular complexity index is 855. The minimum absolute atomic E-state index is 0.274. The van der Waals surface area contributed by atoms with Crippen molar-refractivity contribution in [3.63, 3.8) is 0 Å². The first-order valence-electron chi connectivity index (χ1n) is 9.65. The summed E-state index contributed by atoms with van der Waals surface area (Å²) in [7, 11) is 2.00. The van der Waals surface area contributed by atoms with Crippen molar-refractivity contribution in [2.75, 3.05) is 20.2 Å². The molecule has 0 aliphatic rings. The van der Waals surface area contributed by atoms with Gasteiger partial charge in [-0.05, 0) is 42.4 Å². The molecular formula is C23H27ClN2O2S. The van der Waals surface area contributed by atoms with Gasteiger partial charge in [-0.15, -0.1) is 11.3 Å². The molecule has 2 aromatic carbocycles. The van der Waals surface area contributed by atoms with Gasteiger partial charge in [0.25, 0.3) is 0 Å². The zero-order valence-corrected chi connectivity index (χ0v) is 18.1. The van der Waals surface area contributed by atoms with Crippen LogP contribution in [0.2, 0.25) is 4.34 Å². The lowest BCUT2D eigenvalue weighted by Crippen LogP contribution is -2.32. The van der Waals surface area contributed by atoms with Crippen molar-refractivity contribution in [3.8, 4) is 5.75 Å². The van der Waals surface area contributed by atoms with E-state index >= 15 is 0 Å². The standard InChI is InChI=1S/C23H27ClN2O2S/c1-26(15-19-5-3-2-4-6-19)16-20(27)17-28-21-9-7-18(8-10-21)13-25-14-22-11-12-23(24)29-22/h2-12,20,25,27H,13-17H2,1H3/t20-/m1/s1. The Morgan fingerprint density at radius 3 is 2.45 bits per heavy atom. The number of rotatable bonds is 11. The molecule has 3 rings (SSSR count). The molecule has 4 nitrogen and oxygen atoms in total. The summed E-state index contributed by atoms with van der Waals surface area (Å²) >= 11 is 7.54. The number of hydrogen-bond donors (Lipinski definition) is 2. The fourth-order valence-corrected chi connectivity index (χ4v) is 4.10. The third-order valence-corrected chi connectivity index (χ3v) is 5.67. The number of likely N-dealkylation sites (N-methyl/N-ethyl adjacent to an activating group) is 1. The molecule has 6 heteroatoms. The molecule has 0 aliphatic carbocycles. The minimum atomic E-state index is -0.539. The zero-order valence-electron chi connectivity index (χ0n) is 16.6. The Kier molecular flexibility index (Phi) is 8.52. The van der Waals surface area contributed by atoms with E-state index in [9.17, 15) is 5.11 Å². The third-order valence-electron chi connectivity index (χ3n) is 4.44. The summed E-state index contributed by atoms with van der Waals surface area (Å²) in [6.45, 7) is 3.22. The van der Waals surface area contributed by atoms with Crippen LogP contribution in [0.4, 0.5) is 0 Å². The van der Waals surface area contributed by atoms with Gasteiger partial charge < -0.3 is 15.2 Å². The molecule has 1 aromatic heterocycles. The van der Waals surface area contributed by atoms with Crippen LogP contribution in [-0.2, 0) is 19.6 Å². The van der Waals surface area contributed by atoms with Crippen LogP contribution in [0, 0.1) is 0 Å². The van der Waals surface area contributed by atoms with Crippen molar-refractivity contribution in [1.82, 2.24) is 10.2 Å². The number of aliphatic hydroxyl groups is 1. The van der Waals surface area contributed by atoms with Gasteiger partial charge in [0.05, 0.1) is 4.34 Å². The molecule has 0 fully saturated rings.